The van der Waals surface area contributed by atoms with Gasteiger partial charge in [0, 0.05) is 22.7 Å². The van der Waals surface area contributed by atoms with Gasteiger partial charge >= 0.3 is 0 Å². The fourth-order valence-corrected chi connectivity index (χ4v) is 4.13. The summed E-state index contributed by atoms with van der Waals surface area (Å²) in [6, 6.07) is 11.2. The maximum Gasteiger partial charge on any atom is 0.230 e. The van der Waals surface area contributed by atoms with Crippen LogP contribution in [0.1, 0.15) is 18.5 Å². The number of hydrogen-bond donors (Lipinski definition) is 2. The molecule has 0 spiro atoms. The van der Waals surface area contributed by atoms with Crippen LogP contribution in [-0.4, -0.2) is 16.8 Å². The highest BCUT2D eigenvalue weighted by molar-refractivity contribution is 7.20. The number of carbonyl (C=O) groups excluding carboxylic acids is 2. The summed E-state index contributed by atoms with van der Waals surface area (Å²) in [7, 11) is 0. The van der Waals surface area contributed by atoms with Crippen LogP contribution in [0.15, 0.2) is 47.2 Å². The lowest BCUT2D eigenvalue weighted by Crippen LogP contribution is -2.15. The first kappa shape index (κ1) is 16.9. The number of aromatic nitrogens is 1. The van der Waals surface area contributed by atoms with Crippen molar-refractivity contribution in [3.63, 3.8) is 0 Å². The predicted molar refractivity (Wildman–Crippen MR) is 106 cm³/mol. The van der Waals surface area contributed by atoms with Gasteiger partial charge in [-0.25, -0.2) is 4.98 Å². The molecule has 7 heteroatoms. The van der Waals surface area contributed by atoms with E-state index in [1.807, 2.05) is 22.9 Å². The van der Waals surface area contributed by atoms with Crippen LogP contribution in [0.25, 0.3) is 9.88 Å². The smallest absolute Gasteiger partial charge is 0.230 e. The first-order valence-corrected chi connectivity index (χ1v) is 10.1. The van der Waals surface area contributed by atoms with Crippen LogP contribution in [0.3, 0.4) is 0 Å². The number of hydrogen-bond acceptors (Lipinski definition) is 5. The van der Waals surface area contributed by atoms with Crippen molar-refractivity contribution in [2.24, 2.45) is 5.92 Å². The SMILES string of the molecule is O=C(Cc1csc(-c2cccs2)n1)Nc1ccc(NC(=O)C2CC2)cc1. The fraction of sp³-hybridized carbons (Fsp3) is 0.211. The first-order chi connectivity index (χ1) is 12.7. The number of amides is 2. The summed E-state index contributed by atoms with van der Waals surface area (Å²) in [5.74, 6) is 0.140. The van der Waals surface area contributed by atoms with Crippen molar-refractivity contribution in [2.45, 2.75) is 19.3 Å². The minimum Gasteiger partial charge on any atom is -0.326 e. The molecular formula is C19H17N3O2S2. The number of thiazole rings is 1. The predicted octanol–water partition coefficient (Wildman–Crippen LogP) is 4.40. The zero-order valence-electron chi connectivity index (χ0n) is 13.9. The molecule has 2 N–H and O–H groups in total. The lowest BCUT2D eigenvalue weighted by molar-refractivity contribution is -0.117. The van der Waals surface area contributed by atoms with Crippen LogP contribution < -0.4 is 10.6 Å². The molecule has 3 aromatic rings. The third kappa shape index (κ3) is 4.17. The normalized spacial score (nSPS) is 13.4. The Bertz CT molecular complexity index is 913. The average Bonchev–Trinajstić information content (AvgIpc) is 3.14. The molecule has 1 aromatic carbocycles. The number of thiophene rings is 1. The molecule has 4 rings (SSSR count). The molecule has 0 unspecified atom stereocenters. The van der Waals surface area contributed by atoms with Crippen LogP contribution in [0.4, 0.5) is 11.4 Å². The maximum absolute atomic E-state index is 12.2. The number of anilines is 2. The lowest BCUT2D eigenvalue weighted by atomic mass is 10.2. The molecule has 2 heterocycles. The molecule has 2 aromatic heterocycles. The molecule has 132 valence electrons. The summed E-state index contributed by atoms with van der Waals surface area (Å²) in [4.78, 5) is 29.6. The second-order valence-electron chi connectivity index (χ2n) is 6.19. The molecule has 1 fully saturated rings. The highest BCUT2D eigenvalue weighted by Crippen LogP contribution is 2.30. The van der Waals surface area contributed by atoms with Crippen molar-refractivity contribution in [1.82, 2.24) is 4.98 Å². The number of rotatable bonds is 6. The van der Waals surface area contributed by atoms with E-state index in [-0.39, 0.29) is 24.2 Å². The van der Waals surface area contributed by atoms with Gasteiger partial charge in [0.25, 0.3) is 0 Å². The molecule has 1 aliphatic carbocycles. The van der Waals surface area contributed by atoms with E-state index in [9.17, 15) is 9.59 Å². The Balaban J connectivity index is 1.32. The Morgan fingerprint density at radius 1 is 1.04 bits per heavy atom. The zero-order valence-corrected chi connectivity index (χ0v) is 15.5. The van der Waals surface area contributed by atoms with Crippen LogP contribution in [0, 0.1) is 5.92 Å². The maximum atomic E-state index is 12.2. The molecular weight excluding hydrogens is 366 g/mol. The van der Waals surface area contributed by atoms with E-state index in [4.69, 9.17) is 0 Å². The van der Waals surface area contributed by atoms with Crippen molar-refractivity contribution in [3.8, 4) is 9.88 Å². The summed E-state index contributed by atoms with van der Waals surface area (Å²) in [5.41, 5.74) is 2.22. The van der Waals surface area contributed by atoms with Gasteiger partial charge in [0.1, 0.15) is 5.01 Å². The average molecular weight is 383 g/mol. The summed E-state index contributed by atoms with van der Waals surface area (Å²) in [5, 5.41) is 10.6. The van der Waals surface area contributed by atoms with Gasteiger partial charge < -0.3 is 10.6 Å². The second kappa shape index (κ2) is 7.39. The third-order valence-electron chi connectivity index (χ3n) is 4.01. The first-order valence-electron chi connectivity index (χ1n) is 8.36. The van der Waals surface area contributed by atoms with Crippen molar-refractivity contribution < 1.29 is 9.59 Å². The zero-order chi connectivity index (χ0) is 17.9. The van der Waals surface area contributed by atoms with Crippen molar-refractivity contribution in [3.05, 3.63) is 52.9 Å². The Kier molecular flexibility index (Phi) is 4.81. The quantitative estimate of drug-likeness (QED) is 0.663. The lowest BCUT2D eigenvalue weighted by Gasteiger charge is -2.07. The molecule has 0 bridgehead atoms. The monoisotopic (exact) mass is 383 g/mol. The summed E-state index contributed by atoms with van der Waals surface area (Å²) in [6.07, 6.45) is 2.19. The molecule has 1 aliphatic rings. The van der Waals surface area contributed by atoms with Crippen LogP contribution in [-0.2, 0) is 16.0 Å². The number of nitrogens with zero attached hydrogens (tertiary/aromatic N) is 1. The van der Waals surface area contributed by atoms with Gasteiger partial charge in [-0.05, 0) is 48.6 Å². The van der Waals surface area contributed by atoms with E-state index >= 15 is 0 Å². The van der Waals surface area contributed by atoms with Gasteiger partial charge in [0.2, 0.25) is 11.8 Å². The Hall–Kier alpha value is -2.51. The van der Waals surface area contributed by atoms with E-state index in [0.717, 1.165) is 34.1 Å². The molecule has 5 nitrogen and oxygen atoms in total. The standard InChI is InChI=1S/C19H17N3O2S2/c23-17(10-15-11-26-19(22-15)16-2-1-9-25-16)20-13-5-7-14(8-6-13)21-18(24)12-3-4-12/h1-2,5-9,11-12H,3-4,10H2,(H,20,23)(H,21,24). The molecule has 0 radical (unpaired) electrons. The minimum absolute atomic E-state index is 0.0758. The van der Waals surface area contributed by atoms with Crippen LogP contribution >= 0.6 is 22.7 Å². The van der Waals surface area contributed by atoms with E-state index in [1.54, 1.807) is 46.9 Å². The van der Waals surface area contributed by atoms with Gasteiger partial charge in [0.05, 0.1) is 17.0 Å². The number of nitrogens with one attached hydrogen (secondary N) is 2. The van der Waals surface area contributed by atoms with E-state index in [2.05, 4.69) is 15.6 Å². The van der Waals surface area contributed by atoms with E-state index < -0.39 is 0 Å². The Labute approximate surface area is 159 Å². The molecule has 0 atom stereocenters. The van der Waals surface area contributed by atoms with Crippen LogP contribution in [0.2, 0.25) is 0 Å². The molecule has 1 saturated carbocycles. The van der Waals surface area contributed by atoms with E-state index in [1.165, 1.54) is 0 Å². The molecule has 0 saturated heterocycles. The number of benzene rings is 1. The van der Waals surface area contributed by atoms with E-state index in [0.29, 0.717) is 5.69 Å². The summed E-state index contributed by atoms with van der Waals surface area (Å²) >= 11 is 3.19. The van der Waals surface area contributed by atoms with Crippen molar-refractivity contribution in [1.29, 1.82) is 0 Å². The van der Waals surface area contributed by atoms with Crippen LogP contribution in [0.5, 0.6) is 0 Å². The highest BCUT2D eigenvalue weighted by atomic mass is 32.1. The molecule has 26 heavy (non-hydrogen) atoms. The van der Waals surface area contributed by atoms with Crippen molar-refractivity contribution >= 4 is 45.9 Å². The fourth-order valence-electron chi connectivity index (χ4n) is 2.50. The Morgan fingerprint density at radius 2 is 1.77 bits per heavy atom. The van der Waals surface area contributed by atoms with Gasteiger partial charge in [-0.15, -0.1) is 22.7 Å². The summed E-state index contributed by atoms with van der Waals surface area (Å²) in [6.45, 7) is 0. The highest BCUT2D eigenvalue weighted by Gasteiger charge is 2.29. The van der Waals surface area contributed by atoms with Gasteiger partial charge in [-0.1, -0.05) is 6.07 Å². The van der Waals surface area contributed by atoms with Gasteiger partial charge in [-0.3, -0.25) is 9.59 Å². The Morgan fingerprint density at radius 3 is 2.42 bits per heavy atom. The van der Waals surface area contributed by atoms with Crippen molar-refractivity contribution in [2.75, 3.05) is 10.6 Å². The topological polar surface area (TPSA) is 71.1 Å². The third-order valence-corrected chi connectivity index (χ3v) is 5.94. The largest absolute Gasteiger partial charge is 0.326 e. The van der Waals surface area contributed by atoms with Gasteiger partial charge in [0.15, 0.2) is 0 Å². The van der Waals surface area contributed by atoms with Gasteiger partial charge in [-0.2, -0.15) is 0 Å². The molecule has 2 amide bonds. The minimum atomic E-state index is -0.109. The second-order valence-corrected chi connectivity index (χ2v) is 7.99. The molecule has 0 aliphatic heterocycles. The summed E-state index contributed by atoms with van der Waals surface area (Å²) < 4.78 is 0. The number of carbonyl (C=O) groups is 2.